The molecule has 0 radical (unpaired) electrons. The van der Waals surface area contributed by atoms with Crippen molar-refractivity contribution in [2.45, 2.75) is 136 Å². The molecule has 1 unspecified atom stereocenters. The average molecular weight is 651 g/mol. The fraction of sp³-hybridized carbons (Fsp3) is 0.818. The van der Waals surface area contributed by atoms with E-state index >= 15 is 0 Å². The molecular formula is C33H54N4O9. The molecule has 0 spiro atoms. The molecule has 13 nitrogen and oxygen atoms in total. The first-order valence-corrected chi connectivity index (χ1v) is 16.8. The van der Waals surface area contributed by atoms with Gasteiger partial charge in [-0.1, -0.05) is 6.42 Å². The first kappa shape index (κ1) is 37.1. The zero-order valence-electron chi connectivity index (χ0n) is 28.5. The highest BCUT2D eigenvalue weighted by molar-refractivity contribution is 5.93. The summed E-state index contributed by atoms with van der Waals surface area (Å²) < 4.78 is 16.3. The van der Waals surface area contributed by atoms with E-state index in [1.165, 1.54) is 20.8 Å². The maximum Gasteiger partial charge on any atom is 0.410 e. The van der Waals surface area contributed by atoms with E-state index in [0.29, 0.717) is 51.2 Å². The summed E-state index contributed by atoms with van der Waals surface area (Å²) in [5.41, 5.74) is -2.47. The Balaban J connectivity index is 1.49. The predicted molar refractivity (Wildman–Crippen MR) is 168 cm³/mol. The third kappa shape index (κ3) is 11.5. The SMILES string of the molecule is CC(=O)N[C@@](C)(NC(=O)[C@@H]1CCCN(C(=O)CCC2CCN(C(=O)OC(C)(C)C)CC2)C1)C(=O)OC(C)C(=O)OC1CCCCC1. The summed E-state index contributed by atoms with van der Waals surface area (Å²) in [4.78, 5) is 80.1. The van der Waals surface area contributed by atoms with E-state index in [0.717, 1.165) is 44.9 Å². The summed E-state index contributed by atoms with van der Waals surface area (Å²) in [6.07, 6.45) is 6.58. The normalized spacial score (nSPS) is 21.7. The number of esters is 2. The summed E-state index contributed by atoms with van der Waals surface area (Å²) in [6.45, 7) is 11.4. The number of hydrogen-bond donors (Lipinski definition) is 2. The number of likely N-dealkylation sites (tertiary alicyclic amines) is 2. The van der Waals surface area contributed by atoms with Crippen LogP contribution in [0.3, 0.4) is 0 Å². The van der Waals surface area contributed by atoms with E-state index in [-0.39, 0.29) is 24.6 Å². The minimum atomic E-state index is -1.93. The average Bonchev–Trinajstić information content (AvgIpc) is 2.99. The molecule has 260 valence electrons. The lowest BCUT2D eigenvalue weighted by atomic mass is 9.91. The van der Waals surface area contributed by atoms with Gasteiger partial charge in [-0.15, -0.1) is 0 Å². The van der Waals surface area contributed by atoms with Gasteiger partial charge in [0.05, 0.1) is 5.92 Å². The molecule has 2 N–H and O–H groups in total. The molecule has 3 aliphatic rings. The van der Waals surface area contributed by atoms with Crippen molar-refractivity contribution in [3.8, 4) is 0 Å². The van der Waals surface area contributed by atoms with Gasteiger partial charge in [0.15, 0.2) is 6.10 Å². The number of hydrogen-bond acceptors (Lipinski definition) is 9. The Morgan fingerprint density at radius 3 is 2.09 bits per heavy atom. The van der Waals surface area contributed by atoms with Gasteiger partial charge in [-0.3, -0.25) is 14.4 Å². The Bertz CT molecular complexity index is 1110. The third-order valence-electron chi connectivity index (χ3n) is 8.84. The largest absolute Gasteiger partial charge is 0.460 e. The van der Waals surface area contributed by atoms with Gasteiger partial charge in [-0.2, -0.15) is 0 Å². The van der Waals surface area contributed by atoms with Gasteiger partial charge in [-0.05, 0) is 98.3 Å². The molecule has 0 aromatic carbocycles. The first-order valence-electron chi connectivity index (χ1n) is 16.8. The number of carbonyl (C=O) groups excluding carboxylic acids is 6. The number of rotatable bonds is 10. The summed E-state index contributed by atoms with van der Waals surface area (Å²) >= 11 is 0. The predicted octanol–water partition coefficient (Wildman–Crippen LogP) is 3.43. The lowest BCUT2D eigenvalue weighted by Crippen LogP contribution is -2.65. The second kappa shape index (κ2) is 16.4. The van der Waals surface area contributed by atoms with Crippen LogP contribution in [0.1, 0.15) is 112 Å². The maximum absolute atomic E-state index is 13.4. The quantitative estimate of drug-likeness (QED) is 0.205. The van der Waals surface area contributed by atoms with Crippen molar-refractivity contribution in [2.24, 2.45) is 11.8 Å². The van der Waals surface area contributed by atoms with Crippen LogP contribution < -0.4 is 10.6 Å². The van der Waals surface area contributed by atoms with E-state index < -0.39 is 47.0 Å². The number of amides is 4. The molecule has 0 bridgehead atoms. The van der Waals surface area contributed by atoms with E-state index in [2.05, 4.69) is 10.6 Å². The molecule has 1 saturated carbocycles. The number of carbonyl (C=O) groups is 6. The van der Waals surface area contributed by atoms with Crippen molar-refractivity contribution in [3.05, 3.63) is 0 Å². The van der Waals surface area contributed by atoms with Gasteiger partial charge in [0, 0.05) is 39.5 Å². The van der Waals surface area contributed by atoms with Crippen molar-refractivity contribution in [1.82, 2.24) is 20.4 Å². The third-order valence-corrected chi connectivity index (χ3v) is 8.84. The minimum absolute atomic E-state index is 0.0404. The van der Waals surface area contributed by atoms with E-state index in [1.807, 2.05) is 20.8 Å². The second-order valence-electron chi connectivity index (χ2n) is 14.2. The van der Waals surface area contributed by atoms with Crippen molar-refractivity contribution in [2.75, 3.05) is 26.2 Å². The minimum Gasteiger partial charge on any atom is -0.460 e. The Hall–Kier alpha value is -3.38. The van der Waals surface area contributed by atoms with Gasteiger partial charge in [0.2, 0.25) is 23.4 Å². The van der Waals surface area contributed by atoms with Crippen molar-refractivity contribution in [1.29, 1.82) is 0 Å². The number of nitrogens with zero attached hydrogens (tertiary/aromatic N) is 2. The highest BCUT2D eigenvalue weighted by atomic mass is 16.6. The van der Waals surface area contributed by atoms with Gasteiger partial charge in [-0.25, -0.2) is 14.4 Å². The topological polar surface area (TPSA) is 161 Å². The molecule has 2 saturated heterocycles. The highest BCUT2D eigenvalue weighted by Gasteiger charge is 2.42. The Morgan fingerprint density at radius 1 is 0.826 bits per heavy atom. The maximum atomic E-state index is 13.4. The monoisotopic (exact) mass is 650 g/mol. The van der Waals surface area contributed by atoms with Gasteiger partial charge in [0.1, 0.15) is 11.7 Å². The number of nitrogens with one attached hydrogen (secondary N) is 2. The standard InChI is InChI=1S/C33H54N4O9/c1-22(29(41)45-26-12-8-7-9-13-26)44-30(42)33(6,34-23(2)38)35-28(40)25-11-10-18-37(21-25)27(39)15-14-24-16-19-36(20-17-24)31(43)46-32(3,4)5/h22,24-26H,7-21H2,1-6H3,(H,34,38)(H,35,40)/t22?,25-,33+/m1/s1. The second-order valence-corrected chi connectivity index (χ2v) is 14.2. The molecule has 1 aliphatic carbocycles. The van der Waals surface area contributed by atoms with Crippen LogP contribution in [0.15, 0.2) is 0 Å². The first-order chi connectivity index (χ1) is 21.6. The fourth-order valence-electron chi connectivity index (χ4n) is 6.24. The van der Waals surface area contributed by atoms with Crippen LogP contribution in [-0.2, 0) is 38.2 Å². The lowest BCUT2D eigenvalue weighted by molar-refractivity contribution is -0.176. The van der Waals surface area contributed by atoms with Gasteiger partial charge < -0.3 is 34.6 Å². The molecule has 2 aliphatic heterocycles. The fourth-order valence-corrected chi connectivity index (χ4v) is 6.24. The lowest BCUT2D eigenvalue weighted by Gasteiger charge is -2.36. The molecular weight excluding hydrogens is 596 g/mol. The van der Waals surface area contributed by atoms with Gasteiger partial charge >= 0.3 is 18.0 Å². The van der Waals surface area contributed by atoms with Crippen LogP contribution in [0, 0.1) is 11.8 Å². The molecule has 4 amide bonds. The van der Waals surface area contributed by atoms with E-state index in [9.17, 15) is 28.8 Å². The van der Waals surface area contributed by atoms with Gasteiger partial charge in [0.25, 0.3) is 0 Å². The van der Waals surface area contributed by atoms with E-state index in [1.54, 1.807) is 9.80 Å². The van der Waals surface area contributed by atoms with Crippen LogP contribution in [-0.4, -0.2) is 95.2 Å². The summed E-state index contributed by atoms with van der Waals surface area (Å²) in [5, 5.41) is 5.07. The van der Waals surface area contributed by atoms with Crippen LogP contribution in [0.4, 0.5) is 4.79 Å². The summed E-state index contributed by atoms with van der Waals surface area (Å²) in [5.74, 6) is -3.06. The summed E-state index contributed by atoms with van der Waals surface area (Å²) in [6, 6.07) is 0. The van der Waals surface area contributed by atoms with Crippen molar-refractivity contribution < 1.29 is 43.0 Å². The van der Waals surface area contributed by atoms with E-state index in [4.69, 9.17) is 14.2 Å². The van der Waals surface area contributed by atoms with Crippen molar-refractivity contribution >= 4 is 35.8 Å². The molecule has 3 fully saturated rings. The molecule has 2 heterocycles. The highest BCUT2D eigenvalue weighted by Crippen LogP contribution is 2.26. The molecule has 3 atom stereocenters. The van der Waals surface area contributed by atoms with Crippen LogP contribution >= 0.6 is 0 Å². The van der Waals surface area contributed by atoms with Crippen LogP contribution in [0.25, 0.3) is 0 Å². The smallest absolute Gasteiger partial charge is 0.410 e. The Kier molecular flexibility index (Phi) is 13.3. The molecule has 46 heavy (non-hydrogen) atoms. The summed E-state index contributed by atoms with van der Waals surface area (Å²) in [7, 11) is 0. The van der Waals surface area contributed by atoms with Crippen molar-refractivity contribution in [3.63, 3.8) is 0 Å². The Labute approximate surface area is 272 Å². The molecule has 0 aromatic rings. The zero-order valence-corrected chi connectivity index (χ0v) is 28.5. The van der Waals surface area contributed by atoms with Crippen LogP contribution in [0.2, 0.25) is 0 Å². The molecule has 3 rings (SSSR count). The molecule has 13 heteroatoms. The van der Waals surface area contributed by atoms with Crippen LogP contribution in [0.5, 0.6) is 0 Å². The number of ether oxygens (including phenoxy) is 3. The zero-order chi connectivity index (χ0) is 34.1. The number of piperidine rings is 2. The molecule has 0 aromatic heterocycles. The Morgan fingerprint density at radius 2 is 1.48 bits per heavy atom.